The summed E-state index contributed by atoms with van der Waals surface area (Å²) < 4.78 is 10.2. The minimum atomic E-state index is -0.724. The first-order valence-corrected chi connectivity index (χ1v) is 6.26. The van der Waals surface area contributed by atoms with E-state index in [0.29, 0.717) is 5.75 Å². The maximum atomic E-state index is 11.8. The molecule has 20 heavy (non-hydrogen) atoms. The topological polar surface area (TPSA) is 76.7 Å². The Kier molecular flexibility index (Phi) is 5.99. The smallest absolute Gasteiger partial charge is 0.279 e. The van der Waals surface area contributed by atoms with Crippen molar-refractivity contribution in [1.29, 1.82) is 0 Å². The third-order valence-electron chi connectivity index (χ3n) is 2.83. The van der Waals surface area contributed by atoms with E-state index in [4.69, 9.17) is 4.74 Å². The van der Waals surface area contributed by atoms with Gasteiger partial charge < -0.3 is 9.47 Å². The normalized spacial score (nSPS) is 11.6. The van der Waals surface area contributed by atoms with Crippen molar-refractivity contribution in [1.82, 2.24) is 10.9 Å². The summed E-state index contributed by atoms with van der Waals surface area (Å²) >= 11 is 0. The van der Waals surface area contributed by atoms with Gasteiger partial charge in [0.2, 0.25) is 0 Å². The molecule has 0 aromatic heterocycles. The lowest BCUT2D eigenvalue weighted by Crippen LogP contribution is -2.48. The van der Waals surface area contributed by atoms with E-state index >= 15 is 0 Å². The number of ether oxygens (including phenoxy) is 2. The monoisotopic (exact) mass is 280 g/mol. The molecular weight excluding hydrogens is 260 g/mol. The summed E-state index contributed by atoms with van der Waals surface area (Å²) in [7, 11) is 1.40. The van der Waals surface area contributed by atoms with Gasteiger partial charge in [-0.25, -0.2) is 0 Å². The highest BCUT2D eigenvalue weighted by Crippen LogP contribution is 2.21. The van der Waals surface area contributed by atoms with Crippen LogP contribution in [0.4, 0.5) is 0 Å². The highest BCUT2D eigenvalue weighted by Gasteiger charge is 2.16. The van der Waals surface area contributed by atoms with Crippen molar-refractivity contribution in [3.63, 3.8) is 0 Å². The Morgan fingerprint density at radius 2 is 1.95 bits per heavy atom. The molecule has 0 saturated heterocycles. The van der Waals surface area contributed by atoms with E-state index in [0.717, 1.165) is 11.1 Å². The molecule has 0 spiro atoms. The molecule has 0 aliphatic heterocycles. The Labute approximate surface area is 118 Å². The molecule has 1 atom stereocenters. The van der Waals surface area contributed by atoms with E-state index in [-0.39, 0.29) is 6.61 Å². The molecule has 1 unspecified atom stereocenters. The highest BCUT2D eigenvalue weighted by atomic mass is 16.5. The van der Waals surface area contributed by atoms with Crippen LogP contribution in [0.3, 0.4) is 0 Å². The zero-order valence-electron chi connectivity index (χ0n) is 12.1. The molecule has 6 nitrogen and oxygen atoms in total. The van der Waals surface area contributed by atoms with Crippen molar-refractivity contribution < 1.29 is 19.1 Å². The van der Waals surface area contributed by atoms with E-state index in [1.54, 1.807) is 13.0 Å². The first-order chi connectivity index (χ1) is 9.45. The van der Waals surface area contributed by atoms with E-state index in [1.807, 2.05) is 26.0 Å². The Hall–Kier alpha value is -2.08. The third kappa shape index (κ3) is 4.55. The number of hydrogen-bond acceptors (Lipinski definition) is 4. The van der Waals surface area contributed by atoms with Gasteiger partial charge in [-0.2, -0.15) is 0 Å². The Balaban J connectivity index is 2.53. The Morgan fingerprint density at radius 3 is 2.60 bits per heavy atom. The Morgan fingerprint density at radius 1 is 1.25 bits per heavy atom. The first kappa shape index (κ1) is 16.0. The molecule has 2 N–H and O–H groups in total. The molecule has 0 aliphatic rings. The summed E-state index contributed by atoms with van der Waals surface area (Å²) in [6, 6.07) is 5.64. The first-order valence-electron chi connectivity index (χ1n) is 6.26. The average Bonchev–Trinajstić information content (AvgIpc) is 2.41. The second-order valence-corrected chi connectivity index (χ2v) is 4.43. The molecule has 6 heteroatoms. The highest BCUT2D eigenvalue weighted by molar-refractivity contribution is 5.85. The molecule has 0 heterocycles. The second kappa shape index (κ2) is 7.49. The number of hydrogen-bond donors (Lipinski definition) is 2. The summed E-state index contributed by atoms with van der Waals surface area (Å²) in [6.07, 6.45) is -0.724. The van der Waals surface area contributed by atoms with Gasteiger partial charge in [-0.15, -0.1) is 0 Å². The number of carbonyl (C=O) groups excluding carboxylic acids is 2. The lowest BCUT2D eigenvalue weighted by atomic mass is 10.1. The number of amides is 2. The van der Waals surface area contributed by atoms with Crippen LogP contribution >= 0.6 is 0 Å². The number of nitrogens with one attached hydrogen (secondary N) is 2. The molecule has 0 saturated carbocycles. The Bertz CT molecular complexity index is 488. The minimum absolute atomic E-state index is 0.119. The predicted octanol–water partition coefficient (Wildman–Crippen LogP) is 0.865. The summed E-state index contributed by atoms with van der Waals surface area (Å²) in [4.78, 5) is 22.9. The second-order valence-electron chi connectivity index (χ2n) is 4.43. The number of benzene rings is 1. The van der Waals surface area contributed by atoms with Crippen LogP contribution in [0.1, 0.15) is 18.1 Å². The van der Waals surface area contributed by atoms with Gasteiger partial charge in [0, 0.05) is 7.11 Å². The van der Waals surface area contributed by atoms with E-state index in [1.165, 1.54) is 7.11 Å². The van der Waals surface area contributed by atoms with Gasteiger partial charge in [0.05, 0.1) is 0 Å². The molecule has 1 aromatic rings. The van der Waals surface area contributed by atoms with E-state index in [9.17, 15) is 9.59 Å². The lowest BCUT2D eigenvalue weighted by molar-refractivity contribution is -0.134. The predicted molar refractivity (Wildman–Crippen MR) is 74.2 cm³/mol. The fraction of sp³-hybridized carbons (Fsp3) is 0.429. The summed E-state index contributed by atoms with van der Waals surface area (Å²) in [5.74, 6) is -0.217. The van der Waals surface area contributed by atoms with Crippen LogP contribution in [0.25, 0.3) is 0 Å². The maximum absolute atomic E-state index is 11.8. The molecular formula is C14H20N2O4. The van der Waals surface area contributed by atoms with E-state index in [2.05, 4.69) is 15.6 Å². The summed E-state index contributed by atoms with van der Waals surface area (Å²) in [5.41, 5.74) is 6.58. The number of aryl methyl sites for hydroxylation is 1. The zero-order valence-corrected chi connectivity index (χ0v) is 12.1. The molecule has 0 fully saturated rings. The van der Waals surface area contributed by atoms with Gasteiger partial charge in [0.1, 0.15) is 12.4 Å². The van der Waals surface area contributed by atoms with Crippen molar-refractivity contribution >= 4 is 11.8 Å². The van der Waals surface area contributed by atoms with E-state index < -0.39 is 17.9 Å². The number of methoxy groups -OCH3 is 1. The van der Waals surface area contributed by atoms with Gasteiger partial charge in [-0.3, -0.25) is 20.4 Å². The zero-order chi connectivity index (χ0) is 15.1. The molecule has 0 aliphatic carbocycles. The fourth-order valence-electron chi connectivity index (χ4n) is 1.50. The largest absolute Gasteiger partial charge is 0.481 e. The molecule has 110 valence electrons. The maximum Gasteiger partial charge on any atom is 0.279 e. The standard InChI is InChI=1S/C14H20N2O4/c1-9-6-5-7-12(10(9)2)20-11(3)14(18)16-15-13(17)8-19-4/h5-7,11H,8H2,1-4H3,(H,15,17)(H,16,18). The molecule has 1 rings (SSSR count). The van der Waals surface area contributed by atoms with Gasteiger partial charge in [0.15, 0.2) is 6.10 Å². The summed E-state index contributed by atoms with van der Waals surface area (Å²) in [6.45, 7) is 5.39. The van der Waals surface area contributed by atoms with Crippen LogP contribution in [0.5, 0.6) is 5.75 Å². The van der Waals surface area contributed by atoms with Crippen LogP contribution in [-0.2, 0) is 14.3 Å². The van der Waals surface area contributed by atoms with Gasteiger partial charge in [-0.1, -0.05) is 12.1 Å². The van der Waals surface area contributed by atoms with Gasteiger partial charge >= 0.3 is 0 Å². The third-order valence-corrected chi connectivity index (χ3v) is 2.83. The fourth-order valence-corrected chi connectivity index (χ4v) is 1.50. The van der Waals surface area contributed by atoms with Crippen LogP contribution in [0.15, 0.2) is 18.2 Å². The van der Waals surface area contributed by atoms with Gasteiger partial charge in [0.25, 0.3) is 11.8 Å². The average molecular weight is 280 g/mol. The summed E-state index contributed by atoms with van der Waals surface area (Å²) in [5, 5.41) is 0. The van der Waals surface area contributed by atoms with Crippen molar-refractivity contribution in [3.05, 3.63) is 29.3 Å². The van der Waals surface area contributed by atoms with Crippen LogP contribution in [-0.4, -0.2) is 31.6 Å². The molecule has 0 bridgehead atoms. The SMILES string of the molecule is COCC(=O)NNC(=O)C(C)Oc1cccc(C)c1C. The van der Waals surface area contributed by atoms with Crippen LogP contribution < -0.4 is 15.6 Å². The molecule has 1 aromatic carbocycles. The van der Waals surface area contributed by atoms with Crippen LogP contribution in [0, 0.1) is 13.8 Å². The number of hydrazine groups is 1. The number of carbonyl (C=O) groups is 2. The van der Waals surface area contributed by atoms with Crippen molar-refractivity contribution in [3.8, 4) is 5.75 Å². The molecule has 0 radical (unpaired) electrons. The minimum Gasteiger partial charge on any atom is -0.481 e. The molecule has 2 amide bonds. The lowest BCUT2D eigenvalue weighted by Gasteiger charge is -2.17. The van der Waals surface area contributed by atoms with Crippen LogP contribution in [0.2, 0.25) is 0 Å². The van der Waals surface area contributed by atoms with Crippen molar-refractivity contribution in [2.45, 2.75) is 26.9 Å². The van der Waals surface area contributed by atoms with Crippen molar-refractivity contribution in [2.75, 3.05) is 13.7 Å². The van der Waals surface area contributed by atoms with Gasteiger partial charge in [-0.05, 0) is 38.0 Å². The van der Waals surface area contributed by atoms with Crippen molar-refractivity contribution in [2.24, 2.45) is 0 Å². The number of rotatable bonds is 5. The quantitative estimate of drug-likeness (QED) is 0.784.